The van der Waals surface area contributed by atoms with E-state index < -0.39 is 0 Å². The number of benzene rings is 1. The molecule has 1 aromatic heterocycles. The van der Waals surface area contributed by atoms with Crippen molar-refractivity contribution in [2.24, 2.45) is 11.3 Å². The number of carbonyl (C=O) groups excluding carboxylic acids is 1. The molecule has 8 heteroatoms. The van der Waals surface area contributed by atoms with Gasteiger partial charge >= 0.3 is 0 Å². The third-order valence-corrected chi connectivity index (χ3v) is 5.14. The largest absolute Gasteiger partial charge is 0.456 e. The summed E-state index contributed by atoms with van der Waals surface area (Å²) in [6.45, 7) is 1.99. The molecule has 1 amide bonds. The first kappa shape index (κ1) is 21.4. The quantitative estimate of drug-likeness (QED) is 0.788. The Hall–Kier alpha value is -1.89. The van der Waals surface area contributed by atoms with Gasteiger partial charge < -0.3 is 15.4 Å². The molecule has 2 heterocycles. The summed E-state index contributed by atoms with van der Waals surface area (Å²) < 4.78 is 18.5. The molecule has 5 nitrogen and oxygen atoms in total. The lowest BCUT2D eigenvalue weighted by atomic mass is 9.92. The second-order valence-corrected chi connectivity index (χ2v) is 6.79. The zero-order valence-corrected chi connectivity index (χ0v) is 16.2. The van der Waals surface area contributed by atoms with E-state index in [2.05, 4.69) is 15.6 Å². The fourth-order valence-corrected chi connectivity index (χ4v) is 3.56. The van der Waals surface area contributed by atoms with E-state index in [-0.39, 0.29) is 47.9 Å². The van der Waals surface area contributed by atoms with E-state index in [4.69, 9.17) is 4.74 Å². The molecule has 146 valence electrons. The molecule has 1 spiro atoms. The molecule has 2 N–H and O–H groups in total. The minimum atomic E-state index is -0.310. The van der Waals surface area contributed by atoms with E-state index in [1.54, 1.807) is 30.5 Å². The summed E-state index contributed by atoms with van der Waals surface area (Å²) in [5, 5.41) is 6.24. The number of hydrogen-bond acceptors (Lipinski definition) is 4. The Morgan fingerprint density at radius 2 is 1.78 bits per heavy atom. The molecule has 1 saturated heterocycles. The van der Waals surface area contributed by atoms with Crippen molar-refractivity contribution >= 4 is 36.5 Å². The van der Waals surface area contributed by atoms with Crippen molar-refractivity contribution in [1.29, 1.82) is 0 Å². The van der Waals surface area contributed by atoms with Crippen LogP contribution in [0.4, 0.5) is 10.2 Å². The first-order valence-electron chi connectivity index (χ1n) is 8.56. The van der Waals surface area contributed by atoms with Crippen LogP contribution in [0.2, 0.25) is 0 Å². The number of nitrogens with one attached hydrogen (secondary N) is 2. The number of hydrogen-bond donors (Lipinski definition) is 2. The van der Waals surface area contributed by atoms with E-state index in [1.165, 1.54) is 12.1 Å². The molecule has 1 aliphatic heterocycles. The number of rotatable bonds is 4. The normalized spacial score (nSPS) is 19.4. The van der Waals surface area contributed by atoms with Gasteiger partial charge in [-0.2, -0.15) is 0 Å². The van der Waals surface area contributed by atoms with Crippen molar-refractivity contribution in [3.8, 4) is 11.5 Å². The topological polar surface area (TPSA) is 63.2 Å². The van der Waals surface area contributed by atoms with Crippen LogP contribution in [0.5, 0.6) is 11.5 Å². The maximum absolute atomic E-state index is 12.9. The van der Waals surface area contributed by atoms with Crippen LogP contribution in [-0.4, -0.2) is 24.0 Å². The van der Waals surface area contributed by atoms with Gasteiger partial charge in [-0.15, -0.1) is 24.8 Å². The first-order valence-corrected chi connectivity index (χ1v) is 8.56. The molecule has 2 aliphatic rings. The molecular formula is C19H22Cl2FN3O2. The zero-order valence-electron chi connectivity index (χ0n) is 14.6. The smallest absolute Gasteiger partial charge is 0.229 e. The third-order valence-electron chi connectivity index (χ3n) is 5.14. The number of amides is 1. The molecule has 0 radical (unpaired) electrons. The fraction of sp³-hybridized carbons (Fsp3) is 0.368. The van der Waals surface area contributed by atoms with Gasteiger partial charge in [0.25, 0.3) is 0 Å². The standard InChI is InChI=1S/C19H20FN3O2.2ClH/c20-13-1-3-14(4-2-13)25-15-5-6-17(22-12-15)23-18(24)16-11-19(16)7-9-21-10-8-19;;/h1-6,12,16,21H,7-11H2,(H,22,23,24);2*1H. The van der Waals surface area contributed by atoms with Gasteiger partial charge in [-0.1, -0.05) is 0 Å². The molecule has 2 aromatic rings. The lowest BCUT2D eigenvalue weighted by molar-refractivity contribution is -0.118. The second kappa shape index (κ2) is 8.87. The average molecular weight is 414 g/mol. The molecule has 1 aromatic carbocycles. The van der Waals surface area contributed by atoms with Gasteiger partial charge in [-0.3, -0.25) is 4.79 Å². The maximum Gasteiger partial charge on any atom is 0.229 e. The Morgan fingerprint density at radius 3 is 2.41 bits per heavy atom. The van der Waals surface area contributed by atoms with Crippen LogP contribution >= 0.6 is 24.8 Å². The SMILES string of the molecule is Cl.Cl.O=C(Nc1ccc(Oc2ccc(F)cc2)cn1)C1CC12CCNCC2. The number of piperidine rings is 1. The summed E-state index contributed by atoms with van der Waals surface area (Å²) >= 11 is 0. The fourth-order valence-electron chi connectivity index (χ4n) is 3.56. The van der Waals surface area contributed by atoms with Crippen molar-refractivity contribution in [2.45, 2.75) is 19.3 Å². The van der Waals surface area contributed by atoms with Gasteiger partial charge in [0.1, 0.15) is 23.1 Å². The van der Waals surface area contributed by atoms with Crippen LogP contribution in [0, 0.1) is 17.2 Å². The van der Waals surface area contributed by atoms with E-state index in [0.717, 1.165) is 32.4 Å². The average Bonchev–Trinajstić information content (AvgIpc) is 3.32. The molecule has 1 unspecified atom stereocenters. The summed E-state index contributed by atoms with van der Waals surface area (Å²) in [6, 6.07) is 9.23. The predicted octanol–water partition coefficient (Wildman–Crippen LogP) is 4.18. The van der Waals surface area contributed by atoms with Crippen LogP contribution in [0.3, 0.4) is 0 Å². The molecule has 0 bridgehead atoms. The number of halogens is 3. The predicted molar refractivity (Wildman–Crippen MR) is 106 cm³/mol. The molecule has 27 heavy (non-hydrogen) atoms. The Morgan fingerprint density at radius 1 is 1.11 bits per heavy atom. The summed E-state index contributed by atoms with van der Waals surface area (Å²) in [4.78, 5) is 16.7. The van der Waals surface area contributed by atoms with Crippen LogP contribution < -0.4 is 15.4 Å². The summed E-state index contributed by atoms with van der Waals surface area (Å²) in [7, 11) is 0. The minimum Gasteiger partial charge on any atom is -0.456 e. The van der Waals surface area contributed by atoms with Crippen molar-refractivity contribution in [2.75, 3.05) is 18.4 Å². The Labute approximate surface area is 169 Å². The number of anilines is 1. The van der Waals surface area contributed by atoms with E-state index in [0.29, 0.717) is 17.3 Å². The number of carbonyl (C=O) groups is 1. The van der Waals surface area contributed by atoms with Crippen LogP contribution in [0.1, 0.15) is 19.3 Å². The third kappa shape index (κ3) is 4.89. The molecule has 1 aliphatic carbocycles. The van der Waals surface area contributed by atoms with Gasteiger partial charge in [0.15, 0.2) is 0 Å². The van der Waals surface area contributed by atoms with Gasteiger partial charge in [0, 0.05) is 5.92 Å². The Kier molecular flexibility index (Phi) is 7.03. The van der Waals surface area contributed by atoms with E-state index >= 15 is 0 Å². The Bertz CT molecular complexity index is 766. The highest BCUT2D eigenvalue weighted by molar-refractivity contribution is 5.94. The van der Waals surface area contributed by atoms with E-state index in [9.17, 15) is 9.18 Å². The minimum absolute atomic E-state index is 0. The lowest BCUT2D eigenvalue weighted by Gasteiger charge is -2.23. The zero-order chi connectivity index (χ0) is 17.3. The van der Waals surface area contributed by atoms with Gasteiger partial charge in [-0.05, 0) is 74.2 Å². The highest BCUT2D eigenvalue weighted by atomic mass is 35.5. The summed E-state index contributed by atoms with van der Waals surface area (Å²) in [5.41, 5.74) is 0.209. The van der Waals surface area contributed by atoms with Crippen molar-refractivity contribution in [1.82, 2.24) is 10.3 Å². The highest BCUT2D eigenvalue weighted by Crippen LogP contribution is 2.58. The second-order valence-electron chi connectivity index (χ2n) is 6.79. The monoisotopic (exact) mass is 413 g/mol. The summed E-state index contributed by atoms with van der Waals surface area (Å²) in [5.74, 6) is 1.44. The molecule has 1 saturated carbocycles. The summed E-state index contributed by atoms with van der Waals surface area (Å²) in [6.07, 6.45) is 4.67. The maximum atomic E-state index is 12.9. The van der Waals surface area contributed by atoms with Crippen molar-refractivity contribution < 1.29 is 13.9 Å². The van der Waals surface area contributed by atoms with Crippen LogP contribution in [0.25, 0.3) is 0 Å². The molecule has 4 rings (SSSR count). The number of pyridine rings is 1. The highest BCUT2D eigenvalue weighted by Gasteiger charge is 2.57. The van der Waals surface area contributed by atoms with Gasteiger partial charge in [-0.25, -0.2) is 9.37 Å². The van der Waals surface area contributed by atoms with Gasteiger partial charge in [0.2, 0.25) is 5.91 Å². The number of ether oxygens (including phenoxy) is 1. The van der Waals surface area contributed by atoms with Crippen LogP contribution in [0.15, 0.2) is 42.6 Å². The number of aromatic nitrogens is 1. The first-order chi connectivity index (χ1) is 12.1. The van der Waals surface area contributed by atoms with E-state index in [1.807, 2.05) is 0 Å². The molecule has 1 atom stereocenters. The molecule has 2 fully saturated rings. The lowest BCUT2D eigenvalue weighted by Crippen LogP contribution is -2.31. The number of nitrogens with zero attached hydrogens (tertiary/aromatic N) is 1. The van der Waals surface area contributed by atoms with Crippen molar-refractivity contribution in [3.63, 3.8) is 0 Å². The van der Waals surface area contributed by atoms with Crippen molar-refractivity contribution in [3.05, 3.63) is 48.4 Å². The Balaban J connectivity index is 0.00000131. The van der Waals surface area contributed by atoms with Gasteiger partial charge in [0.05, 0.1) is 6.20 Å². The molecular weight excluding hydrogens is 392 g/mol. The van der Waals surface area contributed by atoms with Crippen LogP contribution in [-0.2, 0) is 4.79 Å².